The third kappa shape index (κ3) is 3.24. The molecule has 0 spiro atoms. The molecule has 0 atom stereocenters. The van der Waals surface area contributed by atoms with Gasteiger partial charge in [0, 0.05) is 5.39 Å². The number of ether oxygens (including phenoxy) is 1. The maximum absolute atomic E-state index is 12.1. The lowest BCUT2D eigenvalue weighted by Crippen LogP contribution is -2.30. The summed E-state index contributed by atoms with van der Waals surface area (Å²) in [6, 6.07) is 8.64. The Kier molecular flexibility index (Phi) is 4.53. The Balaban J connectivity index is 2.23. The molecular formula is C14H13ClN2O3. The second-order valence-corrected chi connectivity index (χ2v) is 4.38. The van der Waals surface area contributed by atoms with Crippen LogP contribution in [0.15, 0.2) is 30.3 Å². The van der Waals surface area contributed by atoms with E-state index in [1.54, 1.807) is 25.1 Å². The minimum absolute atomic E-state index is 0.180. The van der Waals surface area contributed by atoms with Gasteiger partial charge >= 0.3 is 5.97 Å². The molecule has 0 fully saturated rings. The number of para-hydroxylation sites is 1. The standard InChI is InChI=1S/C14H13ClN2O3/c1-2-20-13(18)8-16-14(19)10-7-12(15)17-11-6-4-3-5-9(10)11/h3-7H,2,8H2,1H3,(H,16,19). The predicted octanol–water partition coefficient (Wildman–Crippen LogP) is 2.18. The number of nitrogens with zero attached hydrogens (tertiary/aromatic N) is 1. The number of benzene rings is 1. The van der Waals surface area contributed by atoms with Gasteiger partial charge in [-0.2, -0.15) is 0 Å². The highest BCUT2D eigenvalue weighted by molar-refractivity contribution is 6.30. The van der Waals surface area contributed by atoms with Gasteiger partial charge in [-0.25, -0.2) is 4.98 Å². The highest BCUT2D eigenvalue weighted by Gasteiger charge is 2.13. The number of carbonyl (C=O) groups is 2. The summed E-state index contributed by atoms with van der Waals surface area (Å²) in [5, 5.41) is 3.41. The minimum atomic E-state index is -0.481. The molecule has 6 heteroatoms. The zero-order valence-corrected chi connectivity index (χ0v) is 11.6. The predicted molar refractivity (Wildman–Crippen MR) is 75.7 cm³/mol. The first-order chi connectivity index (χ1) is 9.61. The van der Waals surface area contributed by atoms with Gasteiger partial charge in [0.2, 0.25) is 0 Å². The summed E-state index contributed by atoms with van der Waals surface area (Å²) in [7, 11) is 0. The van der Waals surface area contributed by atoms with Gasteiger partial charge in [-0.15, -0.1) is 0 Å². The smallest absolute Gasteiger partial charge is 0.325 e. The molecule has 0 aliphatic carbocycles. The van der Waals surface area contributed by atoms with E-state index in [0.29, 0.717) is 16.5 Å². The van der Waals surface area contributed by atoms with Gasteiger partial charge in [0.1, 0.15) is 11.7 Å². The fourth-order valence-electron chi connectivity index (χ4n) is 1.79. The topological polar surface area (TPSA) is 68.3 Å². The molecule has 0 aliphatic rings. The zero-order valence-electron chi connectivity index (χ0n) is 10.9. The molecule has 0 radical (unpaired) electrons. The summed E-state index contributed by atoms with van der Waals surface area (Å²) in [6.07, 6.45) is 0. The van der Waals surface area contributed by atoms with Crippen LogP contribution in [0.4, 0.5) is 0 Å². The summed E-state index contributed by atoms with van der Waals surface area (Å²) >= 11 is 5.90. The molecule has 104 valence electrons. The zero-order chi connectivity index (χ0) is 14.5. The highest BCUT2D eigenvalue weighted by atomic mass is 35.5. The maximum Gasteiger partial charge on any atom is 0.325 e. The van der Waals surface area contributed by atoms with Crippen LogP contribution in [0.1, 0.15) is 17.3 Å². The Morgan fingerprint density at radius 3 is 2.85 bits per heavy atom. The van der Waals surface area contributed by atoms with Gasteiger partial charge < -0.3 is 10.1 Å². The summed E-state index contributed by atoms with van der Waals surface area (Å²) in [5.74, 6) is -0.871. The van der Waals surface area contributed by atoms with E-state index in [0.717, 1.165) is 0 Å². The van der Waals surface area contributed by atoms with E-state index in [-0.39, 0.29) is 18.3 Å². The van der Waals surface area contributed by atoms with Crippen molar-refractivity contribution in [3.63, 3.8) is 0 Å². The van der Waals surface area contributed by atoms with Crippen molar-refractivity contribution in [3.8, 4) is 0 Å². The highest BCUT2D eigenvalue weighted by Crippen LogP contribution is 2.20. The van der Waals surface area contributed by atoms with Gasteiger partial charge in [0.15, 0.2) is 0 Å². The first-order valence-electron chi connectivity index (χ1n) is 6.11. The molecule has 0 bridgehead atoms. The number of esters is 1. The van der Waals surface area contributed by atoms with Crippen LogP contribution in [0.5, 0.6) is 0 Å². The van der Waals surface area contributed by atoms with Gasteiger partial charge in [0.05, 0.1) is 17.7 Å². The largest absolute Gasteiger partial charge is 0.465 e. The number of fused-ring (bicyclic) bond motifs is 1. The molecule has 2 aromatic rings. The normalized spacial score (nSPS) is 10.3. The van der Waals surface area contributed by atoms with Gasteiger partial charge in [-0.3, -0.25) is 9.59 Å². The second kappa shape index (κ2) is 6.34. The van der Waals surface area contributed by atoms with Crippen molar-refractivity contribution in [2.24, 2.45) is 0 Å². The number of carbonyl (C=O) groups excluding carboxylic acids is 2. The lowest BCUT2D eigenvalue weighted by molar-refractivity contribution is -0.141. The van der Waals surface area contributed by atoms with E-state index >= 15 is 0 Å². The molecule has 1 heterocycles. The van der Waals surface area contributed by atoms with Crippen molar-refractivity contribution < 1.29 is 14.3 Å². The number of rotatable bonds is 4. The Morgan fingerprint density at radius 2 is 2.10 bits per heavy atom. The lowest BCUT2D eigenvalue weighted by atomic mass is 10.1. The molecular weight excluding hydrogens is 280 g/mol. The van der Waals surface area contributed by atoms with E-state index in [9.17, 15) is 9.59 Å². The van der Waals surface area contributed by atoms with Gasteiger partial charge in [0.25, 0.3) is 5.91 Å². The number of hydrogen-bond acceptors (Lipinski definition) is 4. The summed E-state index contributed by atoms with van der Waals surface area (Å²) < 4.78 is 4.75. The van der Waals surface area contributed by atoms with E-state index in [1.807, 2.05) is 6.07 Å². The van der Waals surface area contributed by atoms with Crippen LogP contribution < -0.4 is 5.32 Å². The fourth-order valence-corrected chi connectivity index (χ4v) is 1.99. The summed E-state index contributed by atoms with van der Waals surface area (Å²) in [6.45, 7) is 1.80. The van der Waals surface area contributed by atoms with Crippen LogP contribution >= 0.6 is 11.6 Å². The van der Waals surface area contributed by atoms with E-state index < -0.39 is 11.9 Å². The van der Waals surface area contributed by atoms with Crippen molar-refractivity contribution in [2.75, 3.05) is 13.2 Å². The van der Waals surface area contributed by atoms with Crippen molar-refractivity contribution >= 4 is 34.4 Å². The van der Waals surface area contributed by atoms with Gasteiger partial charge in [-0.1, -0.05) is 29.8 Å². The molecule has 20 heavy (non-hydrogen) atoms. The fraction of sp³-hybridized carbons (Fsp3) is 0.214. The van der Waals surface area contributed by atoms with Crippen LogP contribution in [-0.4, -0.2) is 30.0 Å². The molecule has 1 aromatic heterocycles. The number of halogens is 1. The number of pyridine rings is 1. The Labute approximate surface area is 120 Å². The molecule has 0 unspecified atom stereocenters. The third-order valence-electron chi connectivity index (χ3n) is 2.63. The monoisotopic (exact) mass is 292 g/mol. The quantitative estimate of drug-likeness (QED) is 0.693. The third-order valence-corrected chi connectivity index (χ3v) is 2.82. The molecule has 5 nitrogen and oxygen atoms in total. The molecule has 0 saturated heterocycles. The molecule has 1 N–H and O–H groups in total. The van der Waals surface area contributed by atoms with E-state index in [1.165, 1.54) is 6.07 Å². The van der Waals surface area contributed by atoms with Crippen molar-refractivity contribution in [3.05, 3.63) is 41.0 Å². The molecule has 0 saturated carbocycles. The number of hydrogen-bond donors (Lipinski definition) is 1. The van der Waals surface area contributed by atoms with Crippen molar-refractivity contribution in [2.45, 2.75) is 6.92 Å². The number of aromatic nitrogens is 1. The van der Waals surface area contributed by atoms with Crippen molar-refractivity contribution in [1.82, 2.24) is 10.3 Å². The number of amides is 1. The Hall–Kier alpha value is -2.14. The van der Waals surface area contributed by atoms with Crippen LogP contribution in [0, 0.1) is 0 Å². The van der Waals surface area contributed by atoms with Crippen LogP contribution in [0.2, 0.25) is 5.15 Å². The Morgan fingerprint density at radius 1 is 1.35 bits per heavy atom. The molecule has 2 rings (SSSR count). The van der Waals surface area contributed by atoms with Crippen molar-refractivity contribution in [1.29, 1.82) is 0 Å². The number of nitrogens with one attached hydrogen (secondary N) is 1. The first kappa shape index (κ1) is 14.3. The van der Waals surface area contributed by atoms with Gasteiger partial charge in [-0.05, 0) is 19.1 Å². The molecule has 1 amide bonds. The summed E-state index contributed by atoms with van der Waals surface area (Å²) in [5.41, 5.74) is 1.01. The Bertz CT molecular complexity index is 658. The lowest BCUT2D eigenvalue weighted by Gasteiger charge is -2.08. The van der Waals surface area contributed by atoms with E-state index in [2.05, 4.69) is 10.3 Å². The average molecular weight is 293 g/mol. The molecule has 0 aliphatic heterocycles. The summed E-state index contributed by atoms with van der Waals surface area (Å²) in [4.78, 5) is 27.5. The van der Waals surface area contributed by atoms with E-state index in [4.69, 9.17) is 16.3 Å². The SMILES string of the molecule is CCOC(=O)CNC(=O)c1cc(Cl)nc2ccccc12. The second-order valence-electron chi connectivity index (χ2n) is 4.00. The average Bonchev–Trinajstić information content (AvgIpc) is 2.44. The van der Waals surface area contributed by atoms with Crippen LogP contribution in [-0.2, 0) is 9.53 Å². The van der Waals surface area contributed by atoms with Crippen LogP contribution in [0.3, 0.4) is 0 Å². The minimum Gasteiger partial charge on any atom is -0.465 e. The van der Waals surface area contributed by atoms with Crippen LogP contribution in [0.25, 0.3) is 10.9 Å². The maximum atomic E-state index is 12.1. The first-order valence-corrected chi connectivity index (χ1v) is 6.48. The molecule has 1 aromatic carbocycles.